The van der Waals surface area contributed by atoms with Crippen LogP contribution < -0.4 is 14.2 Å². The number of aromatic nitrogens is 1. The molecule has 2 saturated heterocycles. The van der Waals surface area contributed by atoms with Crippen LogP contribution in [0.2, 0.25) is 0 Å². The summed E-state index contributed by atoms with van der Waals surface area (Å²) < 4.78 is 16.7. The van der Waals surface area contributed by atoms with Gasteiger partial charge in [-0.15, -0.1) is 0 Å². The van der Waals surface area contributed by atoms with E-state index in [1.807, 2.05) is 11.0 Å². The fourth-order valence-corrected chi connectivity index (χ4v) is 4.23. The van der Waals surface area contributed by atoms with E-state index in [9.17, 15) is 9.59 Å². The Bertz CT molecular complexity index is 930. The topological polar surface area (TPSA) is 81.2 Å². The first-order valence-electron chi connectivity index (χ1n) is 10.5. The number of nitrogens with zero attached hydrogens (tertiary/aromatic N) is 3. The van der Waals surface area contributed by atoms with Crippen LogP contribution in [0.1, 0.15) is 29.6 Å². The quantitative estimate of drug-likeness (QED) is 0.707. The van der Waals surface area contributed by atoms with Crippen molar-refractivity contribution in [2.45, 2.75) is 31.4 Å². The molecule has 8 heteroatoms. The highest BCUT2D eigenvalue weighted by molar-refractivity contribution is 6.00. The predicted molar refractivity (Wildman–Crippen MR) is 113 cm³/mol. The predicted octanol–water partition coefficient (Wildman–Crippen LogP) is 2.38. The highest BCUT2D eigenvalue weighted by Crippen LogP contribution is 2.31. The molecule has 8 nitrogen and oxygen atoms in total. The van der Waals surface area contributed by atoms with E-state index < -0.39 is 6.04 Å². The first-order valence-corrected chi connectivity index (χ1v) is 10.5. The molecule has 3 heterocycles. The molecule has 1 aromatic heterocycles. The van der Waals surface area contributed by atoms with Crippen LogP contribution in [0.3, 0.4) is 0 Å². The number of methoxy groups -OCH3 is 2. The Morgan fingerprint density at radius 2 is 1.87 bits per heavy atom. The number of hydrogen-bond acceptors (Lipinski definition) is 6. The van der Waals surface area contributed by atoms with Crippen LogP contribution in [0.5, 0.6) is 17.2 Å². The molecule has 0 N–H and O–H groups in total. The van der Waals surface area contributed by atoms with E-state index in [2.05, 4.69) is 4.98 Å². The molecule has 0 spiro atoms. The van der Waals surface area contributed by atoms with E-state index >= 15 is 0 Å². The molecule has 4 rings (SSSR count). The number of ether oxygens (including phenoxy) is 3. The van der Waals surface area contributed by atoms with Gasteiger partial charge in [0.2, 0.25) is 5.91 Å². The second kappa shape index (κ2) is 9.24. The highest BCUT2D eigenvalue weighted by Gasteiger charge is 2.43. The van der Waals surface area contributed by atoms with E-state index in [1.54, 1.807) is 48.7 Å². The van der Waals surface area contributed by atoms with E-state index in [0.29, 0.717) is 35.8 Å². The number of rotatable bonds is 6. The highest BCUT2D eigenvalue weighted by atomic mass is 16.5. The van der Waals surface area contributed by atoms with Gasteiger partial charge in [-0.05, 0) is 37.1 Å². The molecule has 31 heavy (non-hydrogen) atoms. The largest absolute Gasteiger partial charge is 0.497 e. The van der Waals surface area contributed by atoms with E-state index in [-0.39, 0.29) is 17.9 Å². The van der Waals surface area contributed by atoms with Gasteiger partial charge in [0.05, 0.1) is 32.5 Å². The van der Waals surface area contributed by atoms with E-state index in [4.69, 9.17) is 14.2 Å². The van der Waals surface area contributed by atoms with Crippen molar-refractivity contribution in [2.24, 2.45) is 0 Å². The van der Waals surface area contributed by atoms with Crippen LogP contribution in [0.15, 0.2) is 42.7 Å². The molecule has 0 unspecified atom stereocenters. The molecule has 164 valence electrons. The molecule has 0 saturated carbocycles. The average molecular weight is 425 g/mol. The summed E-state index contributed by atoms with van der Waals surface area (Å²) in [6.45, 7) is 1.78. The van der Waals surface area contributed by atoms with Gasteiger partial charge in [0.25, 0.3) is 5.91 Å². The average Bonchev–Trinajstić information content (AvgIpc) is 3.49. The number of amides is 2. The SMILES string of the molecule is COc1ccc(C(=O)N2C[C@@H](Oc3cccnc3)C[C@H]2C(=O)N2CCCC2)c(OC)c1. The third kappa shape index (κ3) is 4.42. The molecular weight excluding hydrogens is 398 g/mol. The van der Waals surface area contributed by atoms with Gasteiger partial charge in [0.1, 0.15) is 29.4 Å². The molecule has 2 aliphatic rings. The number of carbonyl (C=O) groups is 2. The van der Waals surface area contributed by atoms with Crippen LogP contribution in [0.4, 0.5) is 0 Å². The van der Waals surface area contributed by atoms with Crippen molar-refractivity contribution in [3.63, 3.8) is 0 Å². The third-order valence-corrected chi connectivity index (χ3v) is 5.80. The van der Waals surface area contributed by atoms with Gasteiger partial charge in [-0.2, -0.15) is 0 Å². The Labute approximate surface area is 181 Å². The number of benzene rings is 1. The first-order chi connectivity index (χ1) is 15.1. The zero-order valence-electron chi connectivity index (χ0n) is 17.8. The second-order valence-corrected chi connectivity index (χ2v) is 7.74. The van der Waals surface area contributed by atoms with Gasteiger partial charge < -0.3 is 24.0 Å². The molecular formula is C23H27N3O5. The van der Waals surface area contributed by atoms with Crippen molar-refractivity contribution in [2.75, 3.05) is 33.9 Å². The van der Waals surface area contributed by atoms with E-state index in [0.717, 1.165) is 25.9 Å². The molecule has 0 aliphatic carbocycles. The number of pyridine rings is 1. The summed E-state index contributed by atoms with van der Waals surface area (Å²) in [7, 11) is 3.07. The Balaban J connectivity index is 1.60. The second-order valence-electron chi connectivity index (χ2n) is 7.74. The minimum atomic E-state index is -0.570. The van der Waals surface area contributed by atoms with Crippen molar-refractivity contribution in [3.8, 4) is 17.2 Å². The number of carbonyl (C=O) groups excluding carboxylic acids is 2. The third-order valence-electron chi connectivity index (χ3n) is 5.80. The molecule has 2 fully saturated rings. The van der Waals surface area contributed by atoms with Gasteiger partial charge in [0, 0.05) is 31.8 Å². The first kappa shape index (κ1) is 21.0. The number of likely N-dealkylation sites (tertiary alicyclic amines) is 2. The normalized spacial score (nSPS) is 20.6. The minimum absolute atomic E-state index is 0.0179. The van der Waals surface area contributed by atoms with Crippen molar-refractivity contribution in [1.82, 2.24) is 14.8 Å². The summed E-state index contributed by atoms with van der Waals surface area (Å²) >= 11 is 0. The molecule has 2 aliphatic heterocycles. The summed E-state index contributed by atoms with van der Waals surface area (Å²) in [6, 6.07) is 8.10. The molecule has 2 aromatic rings. The lowest BCUT2D eigenvalue weighted by Crippen LogP contribution is -2.47. The summed E-state index contributed by atoms with van der Waals surface area (Å²) in [5, 5.41) is 0. The van der Waals surface area contributed by atoms with Crippen molar-refractivity contribution >= 4 is 11.8 Å². The van der Waals surface area contributed by atoms with Gasteiger partial charge in [-0.1, -0.05) is 0 Å². The lowest BCUT2D eigenvalue weighted by molar-refractivity contribution is -0.134. The van der Waals surface area contributed by atoms with Crippen LogP contribution in [0, 0.1) is 0 Å². The van der Waals surface area contributed by atoms with Crippen molar-refractivity contribution in [1.29, 1.82) is 0 Å². The Morgan fingerprint density at radius 1 is 1.06 bits per heavy atom. The van der Waals surface area contributed by atoms with Crippen LogP contribution in [-0.2, 0) is 4.79 Å². The van der Waals surface area contributed by atoms with Gasteiger partial charge in [-0.25, -0.2) is 0 Å². The molecule has 2 atom stereocenters. The van der Waals surface area contributed by atoms with Gasteiger partial charge in [0.15, 0.2) is 0 Å². The monoisotopic (exact) mass is 425 g/mol. The van der Waals surface area contributed by atoms with Crippen LogP contribution in [-0.4, -0.2) is 72.6 Å². The van der Waals surface area contributed by atoms with Gasteiger partial charge >= 0.3 is 0 Å². The summed E-state index contributed by atoms with van der Waals surface area (Å²) in [5.74, 6) is 1.35. The lowest BCUT2D eigenvalue weighted by atomic mass is 10.1. The molecule has 2 amide bonds. The maximum Gasteiger partial charge on any atom is 0.258 e. The summed E-state index contributed by atoms with van der Waals surface area (Å²) in [4.78, 5) is 34.3. The van der Waals surface area contributed by atoms with Crippen molar-refractivity contribution in [3.05, 3.63) is 48.3 Å². The standard InChI is InChI=1S/C23H27N3O5/c1-29-16-7-8-19(21(13-16)30-2)22(27)26-15-18(31-17-6-5-9-24-14-17)12-20(26)23(28)25-10-3-4-11-25/h5-9,13-14,18,20H,3-4,10-12,15H2,1-2H3/t18-,20-/m0/s1. The van der Waals surface area contributed by atoms with Gasteiger partial charge in [-0.3, -0.25) is 14.6 Å². The Morgan fingerprint density at radius 3 is 2.55 bits per heavy atom. The smallest absolute Gasteiger partial charge is 0.258 e. The van der Waals surface area contributed by atoms with E-state index in [1.165, 1.54) is 7.11 Å². The fourth-order valence-electron chi connectivity index (χ4n) is 4.23. The zero-order chi connectivity index (χ0) is 21.8. The maximum atomic E-state index is 13.5. The molecule has 1 aromatic carbocycles. The minimum Gasteiger partial charge on any atom is -0.497 e. The number of hydrogen-bond donors (Lipinski definition) is 0. The van der Waals surface area contributed by atoms with Crippen LogP contribution in [0.25, 0.3) is 0 Å². The summed E-state index contributed by atoms with van der Waals surface area (Å²) in [6.07, 6.45) is 5.44. The molecule has 0 bridgehead atoms. The summed E-state index contributed by atoms with van der Waals surface area (Å²) in [5.41, 5.74) is 0.393. The Kier molecular flexibility index (Phi) is 6.25. The van der Waals surface area contributed by atoms with Crippen LogP contribution >= 0.6 is 0 Å². The molecule has 0 radical (unpaired) electrons. The Hall–Kier alpha value is -3.29. The zero-order valence-corrected chi connectivity index (χ0v) is 17.8. The maximum absolute atomic E-state index is 13.5. The lowest BCUT2D eigenvalue weighted by Gasteiger charge is -2.27. The fraction of sp³-hybridized carbons (Fsp3) is 0.435. The van der Waals surface area contributed by atoms with Crippen molar-refractivity contribution < 1.29 is 23.8 Å².